The van der Waals surface area contributed by atoms with Crippen molar-refractivity contribution in [3.63, 3.8) is 0 Å². The number of carbonyl (C=O) groups is 1. The van der Waals surface area contributed by atoms with Crippen LogP contribution in [0.2, 0.25) is 0 Å². The van der Waals surface area contributed by atoms with Crippen molar-refractivity contribution < 1.29 is 22.4 Å². The van der Waals surface area contributed by atoms with Gasteiger partial charge in [-0.05, 0) is 31.0 Å². The van der Waals surface area contributed by atoms with E-state index in [1.165, 1.54) is 0 Å². The molecule has 0 unspecified atom stereocenters. The molecule has 1 N–H and O–H groups in total. The van der Waals surface area contributed by atoms with E-state index in [0.29, 0.717) is 12.1 Å². The smallest absolute Gasteiger partial charge is 0.349 e. The minimum atomic E-state index is -4.60. The molecule has 1 saturated carbocycles. The van der Waals surface area contributed by atoms with Gasteiger partial charge in [-0.25, -0.2) is 4.39 Å². The third-order valence-corrected chi connectivity index (χ3v) is 2.45. The van der Waals surface area contributed by atoms with Gasteiger partial charge < -0.3 is 5.32 Å². The van der Waals surface area contributed by atoms with E-state index in [1.807, 2.05) is 0 Å². The molecule has 1 amide bonds. The van der Waals surface area contributed by atoms with Crippen LogP contribution in [0.3, 0.4) is 0 Å². The molecule has 1 aromatic rings. The Morgan fingerprint density at radius 2 is 1.94 bits per heavy atom. The molecule has 0 atom stereocenters. The summed E-state index contributed by atoms with van der Waals surface area (Å²) in [6, 6.07) is 1.92. The molecule has 0 heterocycles. The summed E-state index contributed by atoms with van der Waals surface area (Å²) in [7, 11) is 0. The monoisotopic (exact) mass is 247 g/mol. The molecule has 92 valence electrons. The molecule has 0 saturated heterocycles. The first-order chi connectivity index (χ1) is 7.88. The number of nitrogens with one attached hydrogen (secondary N) is 1. The molecule has 2 rings (SSSR count). The van der Waals surface area contributed by atoms with Gasteiger partial charge in [-0.2, -0.15) is 13.2 Å². The highest BCUT2D eigenvalue weighted by molar-refractivity contribution is 5.94. The maximum absolute atomic E-state index is 13.3. The largest absolute Gasteiger partial charge is 0.416 e. The summed E-state index contributed by atoms with van der Waals surface area (Å²) in [6.07, 6.45) is -2.95. The maximum atomic E-state index is 13.3. The fourth-order valence-electron chi connectivity index (χ4n) is 1.37. The van der Waals surface area contributed by atoms with Crippen LogP contribution < -0.4 is 5.32 Å². The quantitative estimate of drug-likeness (QED) is 0.800. The number of carbonyl (C=O) groups excluding carboxylic acids is 1. The van der Waals surface area contributed by atoms with Crippen molar-refractivity contribution in [2.24, 2.45) is 0 Å². The van der Waals surface area contributed by atoms with E-state index < -0.39 is 23.5 Å². The lowest BCUT2D eigenvalue weighted by Gasteiger charge is -2.09. The van der Waals surface area contributed by atoms with Crippen molar-refractivity contribution in [1.29, 1.82) is 0 Å². The number of hydrogen-bond acceptors (Lipinski definition) is 1. The van der Waals surface area contributed by atoms with Gasteiger partial charge in [0.1, 0.15) is 5.82 Å². The predicted molar refractivity (Wildman–Crippen MR) is 51.9 cm³/mol. The van der Waals surface area contributed by atoms with Gasteiger partial charge in [0.2, 0.25) is 0 Å². The van der Waals surface area contributed by atoms with Crippen LogP contribution in [0, 0.1) is 5.82 Å². The first kappa shape index (κ1) is 11.9. The van der Waals surface area contributed by atoms with Gasteiger partial charge in [-0.15, -0.1) is 0 Å². The summed E-state index contributed by atoms with van der Waals surface area (Å²) in [5.41, 5.74) is -1.46. The second kappa shape index (κ2) is 4.01. The number of rotatable bonds is 2. The van der Waals surface area contributed by atoms with Crippen LogP contribution in [0.4, 0.5) is 17.6 Å². The van der Waals surface area contributed by atoms with Crippen LogP contribution in [0.1, 0.15) is 28.8 Å². The van der Waals surface area contributed by atoms with E-state index in [4.69, 9.17) is 0 Å². The first-order valence-corrected chi connectivity index (χ1v) is 5.05. The molecule has 0 spiro atoms. The molecule has 0 bridgehead atoms. The van der Waals surface area contributed by atoms with Crippen molar-refractivity contribution in [3.05, 3.63) is 35.1 Å². The molecule has 0 aromatic heterocycles. The number of benzene rings is 1. The van der Waals surface area contributed by atoms with Crippen LogP contribution in [0.25, 0.3) is 0 Å². The molecule has 1 aliphatic carbocycles. The van der Waals surface area contributed by atoms with Crippen molar-refractivity contribution >= 4 is 5.91 Å². The van der Waals surface area contributed by atoms with Crippen LogP contribution in [0.5, 0.6) is 0 Å². The summed E-state index contributed by atoms with van der Waals surface area (Å²) in [6.45, 7) is 0. The Labute approximate surface area is 94.6 Å². The van der Waals surface area contributed by atoms with Crippen LogP contribution in [0.15, 0.2) is 18.2 Å². The van der Waals surface area contributed by atoms with E-state index in [2.05, 4.69) is 5.32 Å². The highest BCUT2D eigenvalue weighted by Gasteiger charge is 2.32. The van der Waals surface area contributed by atoms with E-state index in [1.54, 1.807) is 0 Å². The SMILES string of the molecule is O=C(NC1CC1)c1ccc(C(F)(F)F)cc1F. The summed E-state index contributed by atoms with van der Waals surface area (Å²) in [5, 5.41) is 2.51. The molecular formula is C11H9F4NO. The summed E-state index contributed by atoms with van der Waals surface area (Å²) < 4.78 is 50.1. The zero-order chi connectivity index (χ0) is 12.6. The van der Waals surface area contributed by atoms with Crippen molar-refractivity contribution in [2.45, 2.75) is 25.1 Å². The van der Waals surface area contributed by atoms with Crippen LogP contribution >= 0.6 is 0 Å². The van der Waals surface area contributed by atoms with Gasteiger partial charge in [0.25, 0.3) is 5.91 Å². The van der Waals surface area contributed by atoms with E-state index in [0.717, 1.165) is 18.9 Å². The Hall–Kier alpha value is -1.59. The topological polar surface area (TPSA) is 29.1 Å². The molecule has 1 aromatic carbocycles. The molecule has 1 aliphatic rings. The second-order valence-corrected chi connectivity index (χ2v) is 3.94. The van der Waals surface area contributed by atoms with Gasteiger partial charge in [0.05, 0.1) is 11.1 Å². The van der Waals surface area contributed by atoms with E-state index in [-0.39, 0.29) is 11.6 Å². The van der Waals surface area contributed by atoms with Gasteiger partial charge in [0.15, 0.2) is 0 Å². The Balaban J connectivity index is 2.21. The fraction of sp³-hybridized carbons (Fsp3) is 0.364. The third-order valence-electron chi connectivity index (χ3n) is 2.45. The summed E-state index contributed by atoms with van der Waals surface area (Å²) >= 11 is 0. The molecule has 6 heteroatoms. The molecule has 2 nitrogen and oxygen atoms in total. The molecular weight excluding hydrogens is 238 g/mol. The van der Waals surface area contributed by atoms with Gasteiger partial charge in [-0.3, -0.25) is 4.79 Å². The number of halogens is 4. The zero-order valence-corrected chi connectivity index (χ0v) is 8.64. The van der Waals surface area contributed by atoms with Gasteiger partial charge >= 0.3 is 6.18 Å². The Bertz CT molecular complexity index is 451. The molecule has 0 radical (unpaired) electrons. The number of hydrogen-bond donors (Lipinski definition) is 1. The Morgan fingerprint density at radius 3 is 2.41 bits per heavy atom. The Morgan fingerprint density at radius 1 is 1.29 bits per heavy atom. The average molecular weight is 247 g/mol. The summed E-state index contributed by atoms with van der Waals surface area (Å²) in [4.78, 5) is 11.4. The summed E-state index contributed by atoms with van der Waals surface area (Å²) in [5.74, 6) is -1.82. The van der Waals surface area contributed by atoms with Crippen molar-refractivity contribution in [3.8, 4) is 0 Å². The highest BCUT2D eigenvalue weighted by Crippen LogP contribution is 2.30. The average Bonchev–Trinajstić information content (AvgIpc) is 2.99. The van der Waals surface area contributed by atoms with E-state index >= 15 is 0 Å². The lowest BCUT2D eigenvalue weighted by Crippen LogP contribution is -2.26. The van der Waals surface area contributed by atoms with Gasteiger partial charge in [0, 0.05) is 6.04 Å². The van der Waals surface area contributed by atoms with E-state index in [9.17, 15) is 22.4 Å². The minimum Gasteiger partial charge on any atom is -0.349 e. The normalized spacial score (nSPS) is 15.8. The molecule has 1 fully saturated rings. The number of alkyl halides is 3. The predicted octanol–water partition coefficient (Wildman–Crippen LogP) is 2.74. The van der Waals surface area contributed by atoms with Crippen LogP contribution in [-0.4, -0.2) is 11.9 Å². The zero-order valence-electron chi connectivity index (χ0n) is 8.64. The van der Waals surface area contributed by atoms with Crippen molar-refractivity contribution in [2.75, 3.05) is 0 Å². The highest BCUT2D eigenvalue weighted by atomic mass is 19.4. The third kappa shape index (κ3) is 2.75. The number of amides is 1. The lowest BCUT2D eigenvalue weighted by atomic mass is 10.1. The first-order valence-electron chi connectivity index (χ1n) is 5.05. The lowest BCUT2D eigenvalue weighted by molar-refractivity contribution is -0.137. The minimum absolute atomic E-state index is 0.0317. The molecule has 0 aliphatic heterocycles. The molecule has 17 heavy (non-hydrogen) atoms. The van der Waals surface area contributed by atoms with Crippen molar-refractivity contribution in [1.82, 2.24) is 5.32 Å². The second-order valence-electron chi connectivity index (χ2n) is 3.94. The Kier molecular flexibility index (Phi) is 2.81. The standard InChI is InChI=1S/C11H9F4NO/c12-9-5-6(11(13,14)15)1-4-8(9)10(17)16-7-2-3-7/h1,4-5,7H,2-3H2,(H,16,17). The van der Waals surface area contributed by atoms with Gasteiger partial charge in [-0.1, -0.05) is 0 Å². The maximum Gasteiger partial charge on any atom is 0.416 e. The fourth-order valence-corrected chi connectivity index (χ4v) is 1.37. The van der Waals surface area contributed by atoms with Crippen LogP contribution in [-0.2, 0) is 6.18 Å².